The van der Waals surface area contributed by atoms with Gasteiger partial charge in [-0.3, -0.25) is 4.90 Å². The fraction of sp³-hybridized carbons (Fsp3) is 0.417. The number of hydrogen-bond donors (Lipinski definition) is 0. The first kappa shape index (κ1) is 17.4. The van der Waals surface area contributed by atoms with Gasteiger partial charge < -0.3 is 4.74 Å². The third-order valence-electron chi connectivity index (χ3n) is 5.59. The Balaban J connectivity index is 1.52. The summed E-state index contributed by atoms with van der Waals surface area (Å²) in [5.74, 6) is 0.964. The van der Waals surface area contributed by atoms with Gasteiger partial charge in [0.25, 0.3) is 0 Å². The van der Waals surface area contributed by atoms with Crippen molar-refractivity contribution in [2.24, 2.45) is 0 Å². The topological polar surface area (TPSA) is 12.5 Å². The molecule has 2 nitrogen and oxygen atoms in total. The van der Waals surface area contributed by atoms with E-state index in [1.807, 2.05) is 0 Å². The zero-order chi connectivity index (χ0) is 17.9. The summed E-state index contributed by atoms with van der Waals surface area (Å²) in [6.07, 6.45) is 7.85. The van der Waals surface area contributed by atoms with Gasteiger partial charge in [0, 0.05) is 18.6 Å². The second-order valence-electron chi connectivity index (χ2n) is 7.90. The minimum absolute atomic E-state index is 0.223. The molecule has 2 aliphatic rings. The fourth-order valence-electron chi connectivity index (χ4n) is 4.39. The molecule has 0 radical (unpaired) electrons. The minimum atomic E-state index is 0.223. The number of ether oxygens (including phenoxy) is 1. The van der Waals surface area contributed by atoms with Crippen molar-refractivity contribution in [2.75, 3.05) is 0 Å². The molecule has 2 bridgehead atoms. The molecule has 1 saturated heterocycles. The quantitative estimate of drug-likeness (QED) is 0.689. The van der Waals surface area contributed by atoms with Crippen LogP contribution in [0.15, 0.2) is 60.7 Å². The summed E-state index contributed by atoms with van der Waals surface area (Å²) < 4.78 is 5.79. The first-order valence-corrected chi connectivity index (χ1v) is 9.96. The van der Waals surface area contributed by atoms with Crippen molar-refractivity contribution >= 4 is 5.57 Å². The van der Waals surface area contributed by atoms with Crippen LogP contribution < -0.4 is 4.74 Å². The van der Waals surface area contributed by atoms with E-state index in [9.17, 15) is 0 Å². The maximum absolute atomic E-state index is 5.79. The maximum atomic E-state index is 5.79. The summed E-state index contributed by atoms with van der Waals surface area (Å²) in [7, 11) is 0. The third kappa shape index (κ3) is 3.86. The largest absolute Gasteiger partial charge is 0.491 e. The summed E-state index contributed by atoms with van der Waals surface area (Å²) >= 11 is 0. The van der Waals surface area contributed by atoms with Crippen LogP contribution >= 0.6 is 0 Å². The van der Waals surface area contributed by atoms with E-state index in [4.69, 9.17) is 4.74 Å². The normalized spacial score (nSPS) is 23.0. The van der Waals surface area contributed by atoms with Gasteiger partial charge >= 0.3 is 0 Å². The zero-order valence-electron chi connectivity index (χ0n) is 15.9. The SMILES string of the molecule is CC(C)Oc1ccc(C2=CC3CCCC(C2)N3Cc2ccccc2)cc1. The Morgan fingerprint density at radius 1 is 1.00 bits per heavy atom. The molecule has 26 heavy (non-hydrogen) atoms. The number of nitrogens with zero attached hydrogens (tertiary/aromatic N) is 1. The molecule has 0 spiro atoms. The van der Waals surface area contributed by atoms with Crippen LogP contribution in [-0.2, 0) is 6.54 Å². The van der Waals surface area contributed by atoms with Crippen LogP contribution in [0.3, 0.4) is 0 Å². The van der Waals surface area contributed by atoms with Gasteiger partial charge in [0.15, 0.2) is 0 Å². The van der Waals surface area contributed by atoms with E-state index in [1.165, 1.54) is 36.0 Å². The monoisotopic (exact) mass is 347 g/mol. The Labute approximate surface area is 157 Å². The Hall–Kier alpha value is -2.06. The van der Waals surface area contributed by atoms with Gasteiger partial charge in [-0.2, -0.15) is 0 Å². The predicted octanol–water partition coefficient (Wildman–Crippen LogP) is 5.68. The van der Waals surface area contributed by atoms with E-state index in [2.05, 4.69) is 79.4 Å². The van der Waals surface area contributed by atoms with Crippen molar-refractivity contribution in [2.45, 2.75) is 64.3 Å². The molecule has 2 aromatic rings. The minimum Gasteiger partial charge on any atom is -0.491 e. The van der Waals surface area contributed by atoms with Crippen LogP contribution in [0.5, 0.6) is 5.75 Å². The summed E-state index contributed by atoms with van der Waals surface area (Å²) in [6.45, 7) is 5.21. The summed E-state index contributed by atoms with van der Waals surface area (Å²) in [6, 6.07) is 20.8. The van der Waals surface area contributed by atoms with E-state index in [1.54, 1.807) is 0 Å². The molecule has 136 valence electrons. The molecule has 2 aromatic carbocycles. The highest BCUT2D eigenvalue weighted by atomic mass is 16.5. The lowest BCUT2D eigenvalue weighted by Crippen LogP contribution is -2.47. The van der Waals surface area contributed by atoms with Crippen LogP contribution in [0.1, 0.15) is 50.7 Å². The zero-order valence-corrected chi connectivity index (χ0v) is 15.9. The number of piperidine rings is 1. The first-order chi connectivity index (χ1) is 12.7. The highest BCUT2D eigenvalue weighted by molar-refractivity contribution is 5.68. The summed E-state index contributed by atoms with van der Waals surface area (Å²) in [5.41, 5.74) is 4.30. The van der Waals surface area contributed by atoms with Crippen molar-refractivity contribution in [3.8, 4) is 5.75 Å². The maximum Gasteiger partial charge on any atom is 0.119 e. The van der Waals surface area contributed by atoms with Gasteiger partial charge in [0.2, 0.25) is 0 Å². The third-order valence-corrected chi connectivity index (χ3v) is 5.59. The van der Waals surface area contributed by atoms with Crippen molar-refractivity contribution in [1.29, 1.82) is 0 Å². The van der Waals surface area contributed by atoms with Crippen molar-refractivity contribution in [3.05, 3.63) is 71.8 Å². The molecule has 0 aromatic heterocycles. The Bertz CT molecular complexity index is 748. The van der Waals surface area contributed by atoms with Crippen LogP contribution in [0.2, 0.25) is 0 Å². The molecule has 2 heterocycles. The van der Waals surface area contributed by atoms with Gasteiger partial charge in [-0.1, -0.05) is 55.0 Å². The van der Waals surface area contributed by atoms with E-state index in [-0.39, 0.29) is 6.10 Å². The molecular weight excluding hydrogens is 318 g/mol. The number of rotatable bonds is 5. The average Bonchev–Trinajstić information content (AvgIpc) is 2.62. The first-order valence-electron chi connectivity index (χ1n) is 9.96. The smallest absolute Gasteiger partial charge is 0.119 e. The molecule has 0 saturated carbocycles. The summed E-state index contributed by atoms with van der Waals surface area (Å²) in [4.78, 5) is 2.72. The molecule has 0 aliphatic carbocycles. The molecule has 2 aliphatic heterocycles. The Morgan fingerprint density at radius 3 is 2.46 bits per heavy atom. The predicted molar refractivity (Wildman–Crippen MR) is 108 cm³/mol. The lowest BCUT2D eigenvalue weighted by atomic mass is 9.82. The van der Waals surface area contributed by atoms with Gasteiger partial charge in [-0.05, 0) is 61.9 Å². The lowest BCUT2D eigenvalue weighted by Gasteiger charge is -2.45. The van der Waals surface area contributed by atoms with Crippen molar-refractivity contribution in [3.63, 3.8) is 0 Å². The average molecular weight is 348 g/mol. The van der Waals surface area contributed by atoms with Gasteiger partial charge in [-0.25, -0.2) is 0 Å². The highest BCUT2D eigenvalue weighted by Crippen LogP contribution is 2.38. The van der Waals surface area contributed by atoms with Crippen LogP contribution in [0, 0.1) is 0 Å². The number of hydrogen-bond acceptors (Lipinski definition) is 2. The number of fused-ring (bicyclic) bond motifs is 2. The van der Waals surface area contributed by atoms with Crippen molar-refractivity contribution < 1.29 is 4.74 Å². The molecule has 1 fully saturated rings. The molecule has 4 rings (SSSR count). The van der Waals surface area contributed by atoms with Gasteiger partial charge in [0.1, 0.15) is 5.75 Å². The number of benzene rings is 2. The molecule has 2 atom stereocenters. The fourth-order valence-corrected chi connectivity index (χ4v) is 4.39. The van der Waals surface area contributed by atoms with E-state index < -0.39 is 0 Å². The van der Waals surface area contributed by atoms with E-state index in [0.717, 1.165) is 18.7 Å². The van der Waals surface area contributed by atoms with Crippen LogP contribution in [0.25, 0.3) is 5.57 Å². The summed E-state index contributed by atoms with van der Waals surface area (Å²) in [5, 5.41) is 0. The molecule has 0 N–H and O–H groups in total. The molecule has 2 unspecified atom stereocenters. The van der Waals surface area contributed by atoms with Gasteiger partial charge in [0.05, 0.1) is 6.10 Å². The van der Waals surface area contributed by atoms with Crippen LogP contribution in [0.4, 0.5) is 0 Å². The van der Waals surface area contributed by atoms with Crippen LogP contribution in [-0.4, -0.2) is 23.1 Å². The lowest BCUT2D eigenvalue weighted by molar-refractivity contribution is 0.0951. The Kier molecular flexibility index (Phi) is 5.12. The standard InChI is InChI=1S/C24H29NO/c1-18(2)26-24-13-11-20(12-14-24)21-15-22-9-6-10-23(16-21)25(22)17-19-7-4-3-5-8-19/h3-5,7-8,11-15,18,22-23H,6,9-10,16-17H2,1-2H3. The second kappa shape index (κ2) is 7.67. The van der Waals surface area contributed by atoms with Gasteiger partial charge in [-0.15, -0.1) is 0 Å². The van der Waals surface area contributed by atoms with E-state index in [0.29, 0.717) is 12.1 Å². The van der Waals surface area contributed by atoms with E-state index >= 15 is 0 Å². The second-order valence-corrected chi connectivity index (χ2v) is 7.90. The molecule has 2 heteroatoms. The Morgan fingerprint density at radius 2 is 1.77 bits per heavy atom. The highest BCUT2D eigenvalue weighted by Gasteiger charge is 2.33. The van der Waals surface area contributed by atoms with Crippen molar-refractivity contribution in [1.82, 2.24) is 4.90 Å². The molecule has 0 amide bonds. The molecular formula is C24H29NO.